The summed E-state index contributed by atoms with van der Waals surface area (Å²) >= 11 is 0. The van der Waals surface area contributed by atoms with Gasteiger partial charge in [0.1, 0.15) is 24.2 Å². The summed E-state index contributed by atoms with van der Waals surface area (Å²) in [6.45, 7) is 4.07. The lowest BCUT2D eigenvalue weighted by atomic mass is 10.2. The molecule has 0 atom stereocenters. The third-order valence-electron chi connectivity index (χ3n) is 2.73. The van der Waals surface area contributed by atoms with Gasteiger partial charge in [-0.3, -0.25) is 0 Å². The van der Waals surface area contributed by atoms with Crippen LogP contribution in [0.2, 0.25) is 0 Å². The first-order chi connectivity index (χ1) is 9.49. The number of hydrogen-bond acceptors (Lipinski definition) is 5. The molecule has 7 heteroatoms. The van der Waals surface area contributed by atoms with Crippen molar-refractivity contribution in [3.8, 4) is 5.75 Å². The van der Waals surface area contributed by atoms with Crippen LogP contribution >= 0.6 is 0 Å². The van der Waals surface area contributed by atoms with Crippen LogP contribution in [0.5, 0.6) is 5.75 Å². The maximum atomic E-state index is 11.1. The summed E-state index contributed by atoms with van der Waals surface area (Å²) in [7, 11) is 0. The number of aromatic carboxylic acids is 1. The van der Waals surface area contributed by atoms with Crippen molar-refractivity contribution in [2.75, 3.05) is 5.73 Å². The van der Waals surface area contributed by atoms with Gasteiger partial charge in [0, 0.05) is 17.8 Å². The molecular weight excluding hydrogens is 260 g/mol. The second-order valence-electron chi connectivity index (χ2n) is 4.56. The number of nitrogens with two attached hydrogens (primary N) is 1. The number of carbonyl (C=O) groups is 1. The minimum absolute atomic E-state index is 0.0646. The van der Waals surface area contributed by atoms with E-state index in [0.717, 1.165) is 0 Å². The molecule has 0 radical (unpaired) electrons. The number of ether oxygens (including phenoxy) is 1. The SMILES string of the molecule is CC(C)n1ncnc1COc1cc(N)ccc1C(=O)O. The molecule has 106 valence electrons. The van der Waals surface area contributed by atoms with Gasteiger partial charge < -0.3 is 15.6 Å². The van der Waals surface area contributed by atoms with Crippen molar-refractivity contribution in [2.45, 2.75) is 26.5 Å². The lowest BCUT2D eigenvalue weighted by Crippen LogP contribution is -2.12. The zero-order valence-corrected chi connectivity index (χ0v) is 11.3. The van der Waals surface area contributed by atoms with Gasteiger partial charge in [-0.15, -0.1) is 0 Å². The van der Waals surface area contributed by atoms with E-state index in [-0.39, 0.29) is 24.0 Å². The fraction of sp³-hybridized carbons (Fsp3) is 0.308. The Bertz CT molecular complexity index is 622. The second-order valence-corrected chi connectivity index (χ2v) is 4.56. The van der Waals surface area contributed by atoms with Crippen LogP contribution < -0.4 is 10.5 Å². The van der Waals surface area contributed by atoms with E-state index in [1.54, 1.807) is 4.68 Å². The summed E-state index contributed by atoms with van der Waals surface area (Å²) < 4.78 is 7.25. The summed E-state index contributed by atoms with van der Waals surface area (Å²) in [5.74, 6) is -0.222. The predicted octanol–water partition coefficient (Wildman–Crippen LogP) is 1.72. The van der Waals surface area contributed by atoms with Crippen molar-refractivity contribution in [2.24, 2.45) is 0 Å². The number of carboxylic acid groups (broad SMARTS) is 1. The summed E-state index contributed by atoms with van der Waals surface area (Å²) in [6, 6.07) is 4.57. The fourth-order valence-corrected chi connectivity index (χ4v) is 1.79. The summed E-state index contributed by atoms with van der Waals surface area (Å²) in [6.07, 6.45) is 1.44. The summed E-state index contributed by atoms with van der Waals surface area (Å²) in [4.78, 5) is 15.2. The van der Waals surface area contributed by atoms with Crippen LogP contribution in [0.15, 0.2) is 24.5 Å². The van der Waals surface area contributed by atoms with Gasteiger partial charge in [-0.1, -0.05) is 0 Å². The van der Waals surface area contributed by atoms with Crippen LogP contribution in [0.3, 0.4) is 0 Å². The number of nitrogen functional groups attached to an aromatic ring is 1. The van der Waals surface area contributed by atoms with Gasteiger partial charge in [0.2, 0.25) is 0 Å². The number of benzene rings is 1. The zero-order valence-electron chi connectivity index (χ0n) is 11.3. The number of aromatic nitrogens is 3. The molecule has 2 aromatic rings. The van der Waals surface area contributed by atoms with Gasteiger partial charge in [-0.25, -0.2) is 14.5 Å². The van der Waals surface area contributed by atoms with E-state index < -0.39 is 5.97 Å². The minimum atomic E-state index is -1.06. The van der Waals surface area contributed by atoms with Crippen LogP contribution in [0, 0.1) is 0 Å². The topological polar surface area (TPSA) is 103 Å². The minimum Gasteiger partial charge on any atom is -0.485 e. The molecule has 0 aliphatic heterocycles. The standard InChI is InChI=1S/C13H16N4O3/c1-8(2)17-12(15-7-16-17)6-20-11-5-9(14)3-4-10(11)13(18)19/h3-5,7-8H,6,14H2,1-2H3,(H,18,19). The van der Waals surface area contributed by atoms with Gasteiger partial charge in [0.25, 0.3) is 0 Å². The highest BCUT2D eigenvalue weighted by molar-refractivity contribution is 5.91. The molecule has 0 spiro atoms. The van der Waals surface area contributed by atoms with E-state index >= 15 is 0 Å². The molecule has 0 unspecified atom stereocenters. The van der Waals surface area contributed by atoms with Gasteiger partial charge in [0.15, 0.2) is 5.82 Å². The predicted molar refractivity (Wildman–Crippen MR) is 72.6 cm³/mol. The van der Waals surface area contributed by atoms with E-state index in [0.29, 0.717) is 11.5 Å². The fourth-order valence-electron chi connectivity index (χ4n) is 1.79. The molecule has 0 aliphatic rings. The van der Waals surface area contributed by atoms with Gasteiger partial charge in [-0.2, -0.15) is 5.10 Å². The number of carboxylic acids is 1. The van der Waals surface area contributed by atoms with E-state index in [2.05, 4.69) is 10.1 Å². The molecule has 1 heterocycles. The molecule has 3 N–H and O–H groups in total. The van der Waals surface area contributed by atoms with Crippen molar-refractivity contribution in [1.82, 2.24) is 14.8 Å². The lowest BCUT2D eigenvalue weighted by Gasteiger charge is -2.12. The van der Waals surface area contributed by atoms with E-state index in [4.69, 9.17) is 15.6 Å². The first-order valence-corrected chi connectivity index (χ1v) is 6.13. The number of rotatable bonds is 5. The highest BCUT2D eigenvalue weighted by Gasteiger charge is 2.14. The Morgan fingerprint density at radius 1 is 1.50 bits per heavy atom. The molecule has 1 aromatic carbocycles. The quantitative estimate of drug-likeness (QED) is 0.806. The van der Waals surface area contributed by atoms with Crippen molar-refractivity contribution < 1.29 is 14.6 Å². The molecule has 0 aliphatic carbocycles. The smallest absolute Gasteiger partial charge is 0.339 e. The Morgan fingerprint density at radius 2 is 2.25 bits per heavy atom. The lowest BCUT2D eigenvalue weighted by molar-refractivity contribution is 0.0691. The maximum Gasteiger partial charge on any atom is 0.339 e. The molecule has 0 saturated heterocycles. The normalized spacial score (nSPS) is 10.8. The molecule has 0 fully saturated rings. The monoisotopic (exact) mass is 276 g/mol. The Hall–Kier alpha value is -2.57. The van der Waals surface area contributed by atoms with E-state index in [1.165, 1.54) is 24.5 Å². The van der Waals surface area contributed by atoms with E-state index in [1.807, 2.05) is 13.8 Å². The molecule has 20 heavy (non-hydrogen) atoms. The maximum absolute atomic E-state index is 11.1. The molecule has 0 amide bonds. The molecule has 0 saturated carbocycles. The van der Waals surface area contributed by atoms with Crippen LogP contribution in [-0.4, -0.2) is 25.8 Å². The first kappa shape index (κ1) is 13.9. The Morgan fingerprint density at radius 3 is 2.90 bits per heavy atom. The number of nitrogens with zero attached hydrogens (tertiary/aromatic N) is 3. The third kappa shape index (κ3) is 2.87. The van der Waals surface area contributed by atoms with Crippen LogP contribution in [0.4, 0.5) is 5.69 Å². The molecular formula is C13H16N4O3. The number of anilines is 1. The largest absolute Gasteiger partial charge is 0.485 e. The second kappa shape index (κ2) is 5.60. The van der Waals surface area contributed by atoms with Gasteiger partial charge in [0.05, 0.1) is 0 Å². The zero-order chi connectivity index (χ0) is 14.7. The van der Waals surface area contributed by atoms with E-state index in [9.17, 15) is 4.79 Å². The Labute approximate surface area is 116 Å². The van der Waals surface area contributed by atoms with Crippen molar-refractivity contribution in [3.05, 3.63) is 35.9 Å². The average molecular weight is 276 g/mol. The summed E-state index contributed by atoms with van der Waals surface area (Å²) in [5, 5.41) is 13.2. The van der Waals surface area contributed by atoms with Gasteiger partial charge >= 0.3 is 5.97 Å². The molecule has 1 aromatic heterocycles. The van der Waals surface area contributed by atoms with Crippen molar-refractivity contribution >= 4 is 11.7 Å². The van der Waals surface area contributed by atoms with Crippen molar-refractivity contribution in [3.63, 3.8) is 0 Å². The number of hydrogen-bond donors (Lipinski definition) is 2. The van der Waals surface area contributed by atoms with Crippen LogP contribution in [0.25, 0.3) is 0 Å². The van der Waals surface area contributed by atoms with Crippen LogP contribution in [0.1, 0.15) is 36.1 Å². The van der Waals surface area contributed by atoms with Crippen molar-refractivity contribution in [1.29, 1.82) is 0 Å². The summed E-state index contributed by atoms with van der Waals surface area (Å²) in [5.41, 5.74) is 6.15. The average Bonchev–Trinajstić information content (AvgIpc) is 2.84. The highest BCUT2D eigenvalue weighted by atomic mass is 16.5. The molecule has 7 nitrogen and oxygen atoms in total. The van der Waals surface area contributed by atoms with Gasteiger partial charge in [-0.05, 0) is 26.0 Å². The Kier molecular flexibility index (Phi) is 3.88. The molecule has 2 rings (SSSR count). The first-order valence-electron chi connectivity index (χ1n) is 6.13. The molecule has 0 bridgehead atoms. The third-order valence-corrected chi connectivity index (χ3v) is 2.73. The Balaban J connectivity index is 2.20. The van der Waals surface area contributed by atoms with Crippen LogP contribution in [-0.2, 0) is 6.61 Å². The highest BCUT2D eigenvalue weighted by Crippen LogP contribution is 2.23.